The summed E-state index contributed by atoms with van der Waals surface area (Å²) < 4.78 is 39.5. The van der Waals surface area contributed by atoms with Crippen LogP contribution in [-0.4, -0.2) is 60.6 Å². The lowest BCUT2D eigenvalue weighted by molar-refractivity contribution is -0.0642. The summed E-state index contributed by atoms with van der Waals surface area (Å²) in [7, 11) is -2.10. The summed E-state index contributed by atoms with van der Waals surface area (Å²) in [5.41, 5.74) is -0.302. The van der Waals surface area contributed by atoms with E-state index in [-0.39, 0.29) is 22.5 Å². The van der Waals surface area contributed by atoms with Crippen molar-refractivity contribution >= 4 is 32.0 Å². The molecule has 0 saturated carbocycles. The first-order valence-corrected chi connectivity index (χ1v) is 18.0. The van der Waals surface area contributed by atoms with E-state index in [9.17, 15) is 19.2 Å². The van der Waals surface area contributed by atoms with Gasteiger partial charge in [0.25, 0.3) is 0 Å². The second-order valence-corrected chi connectivity index (χ2v) is 16.3. The molecule has 3 aromatic carbocycles. The number of esters is 3. The predicted octanol–water partition coefficient (Wildman–Crippen LogP) is 4.83. The van der Waals surface area contributed by atoms with Gasteiger partial charge in [-0.15, -0.1) is 0 Å². The molecule has 0 unspecified atom stereocenters. The number of hydrogen-bond donors (Lipinski definition) is 1. The molecular formula is C33H32FN3O8Si. The van der Waals surface area contributed by atoms with Gasteiger partial charge < -0.3 is 23.9 Å². The van der Waals surface area contributed by atoms with E-state index in [1.54, 1.807) is 66.7 Å². The Bertz CT molecular complexity index is 1750. The molecule has 2 heterocycles. The van der Waals surface area contributed by atoms with Gasteiger partial charge in [0.1, 0.15) is 20.9 Å². The van der Waals surface area contributed by atoms with Gasteiger partial charge in [0.2, 0.25) is 0 Å². The standard InChI is InChI=1S/C33H32FN3O8Si/c1-46(2,3)36-28-24(34)19-37(33(41)35-28)29-27(45-32(40)23-17-11-6-12-18-23)26(44-31(39)22-15-9-5-10-16-22)25(43-29)20-42-30(38)21-13-7-4-8-14-21/h4-19,25-27,29H,20H2,1-3H3,(H,35,36,41)/t25-,26-,27-,29-/m1/s1. The van der Waals surface area contributed by atoms with Crippen molar-refractivity contribution in [1.82, 2.24) is 9.55 Å². The number of nitrogens with one attached hydrogen (secondary N) is 1. The van der Waals surface area contributed by atoms with Crippen LogP contribution in [0.25, 0.3) is 0 Å². The number of hydrogen-bond acceptors (Lipinski definition) is 10. The summed E-state index contributed by atoms with van der Waals surface area (Å²) in [6, 6.07) is 24.2. The molecule has 1 N–H and O–H groups in total. The SMILES string of the molecule is C[Si](C)(C)Nc1nc(=O)n([C@@H]2O[C@H](COC(=O)c3ccccc3)[C@@H](OC(=O)c3ccccc3)[C@H]2OC(=O)c2ccccc2)cc1F. The second kappa shape index (κ2) is 13.9. The van der Waals surface area contributed by atoms with Crippen molar-refractivity contribution in [2.45, 2.75) is 44.2 Å². The Kier molecular flexibility index (Phi) is 9.73. The van der Waals surface area contributed by atoms with Crippen molar-refractivity contribution in [2.75, 3.05) is 11.6 Å². The maximum atomic E-state index is 15.4. The summed E-state index contributed by atoms with van der Waals surface area (Å²) in [5.74, 6) is -3.38. The fraction of sp³-hybridized carbons (Fsp3) is 0.242. The molecule has 238 valence electrons. The lowest BCUT2D eigenvalue weighted by atomic mass is 10.1. The maximum absolute atomic E-state index is 15.4. The second-order valence-electron chi connectivity index (χ2n) is 11.5. The van der Waals surface area contributed by atoms with Gasteiger partial charge in [0.15, 0.2) is 30.1 Å². The molecule has 4 aromatic rings. The Labute approximate surface area is 265 Å². The summed E-state index contributed by atoms with van der Waals surface area (Å²) in [5, 5.41) is 0. The molecule has 5 rings (SSSR count). The highest BCUT2D eigenvalue weighted by Crippen LogP contribution is 2.35. The largest absolute Gasteiger partial charge is 0.459 e. The first-order chi connectivity index (χ1) is 22.0. The quantitative estimate of drug-likeness (QED) is 0.145. The zero-order chi connectivity index (χ0) is 32.8. The summed E-state index contributed by atoms with van der Waals surface area (Å²) >= 11 is 0. The van der Waals surface area contributed by atoms with E-state index < -0.39 is 68.8 Å². The van der Waals surface area contributed by atoms with Crippen LogP contribution in [0.5, 0.6) is 0 Å². The zero-order valence-electron chi connectivity index (χ0n) is 25.3. The van der Waals surface area contributed by atoms with E-state index in [1.807, 2.05) is 19.6 Å². The van der Waals surface area contributed by atoms with Crippen LogP contribution in [-0.2, 0) is 18.9 Å². The first-order valence-electron chi connectivity index (χ1n) is 14.5. The minimum absolute atomic E-state index is 0.166. The molecule has 1 aliphatic heterocycles. The van der Waals surface area contributed by atoms with E-state index in [1.165, 1.54) is 24.3 Å². The van der Waals surface area contributed by atoms with Gasteiger partial charge >= 0.3 is 23.6 Å². The third-order valence-corrected chi connectivity index (χ3v) is 7.84. The Balaban J connectivity index is 1.53. The van der Waals surface area contributed by atoms with Crippen molar-refractivity contribution in [3.8, 4) is 0 Å². The van der Waals surface area contributed by atoms with Crippen molar-refractivity contribution in [3.63, 3.8) is 0 Å². The topological polar surface area (TPSA) is 135 Å². The van der Waals surface area contributed by atoms with Crippen LogP contribution in [0.1, 0.15) is 37.3 Å². The van der Waals surface area contributed by atoms with Gasteiger partial charge in [-0.2, -0.15) is 4.98 Å². The van der Waals surface area contributed by atoms with Crippen LogP contribution in [0.4, 0.5) is 10.2 Å². The van der Waals surface area contributed by atoms with Crippen molar-refractivity contribution < 1.29 is 37.7 Å². The van der Waals surface area contributed by atoms with Crippen molar-refractivity contribution in [2.24, 2.45) is 0 Å². The average molecular weight is 646 g/mol. The normalized spacial score (nSPS) is 19.2. The fourth-order valence-corrected chi connectivity index (χ4v) is 5.64. The molecule has 0 amide bonds. The van der Waals surface area contributed by atoms with E-state index in [0.717, 1.165) is 10.8 Å². The van der Waals surface area contributed by atoms with Crippen LogP contribution >= 0.6 is 0 Å². The Hall–Kier alpha value is -5.14. The minimum atomic E-state index is -2.10. The lowest BCUT2D eigenvalue weighted by Crippen LogP contribution is -2.43. The molecular weight excluding hydrogens is 613 g/mol. The number of rotatable bonds is 10. The monoisotopic (exact) mass is 645 g/mol. The predicted molar refractivity (Wildman–Crippen MR) is 167 cm³/mol. The van der Waals surface area contributed by atoms with Gasteiger partial charge in [-0.05, 0) is 36.4 Å². The third-order valence-electron chi connectivity index (χ3n) is 6.85. The van der Waals surface area contributed by atoms with Crippen molar-refractivity contribution in [3.05, 3.63) is 130 Å². The molecule has 0 bridgehead atoms. The summed E-state index contributed by atoms with van der Waals surface area (Å²) in [4.78, 5) is 59.6. The Morgan fingerprint density at radius 2 is 1.28 bits per heavy atom. The van der Waals surface area contributed by atoms with Crippen molar-refractivity contribution in [1.29, 1.82) is 0 Å². The smallest absolute Gasteiger partial charge is 0.351 e. The zero-order valence-corrected chi connectivity index (χ0v) is 26.3. The number of nitrogens with zero attached hydrogens (tertiary/aromatic N) is 2. The number of carbonyl (C=O) groups is 3. The van der Waals surface area contributed by atoms with E-state index >= 15 is 4.39 Å². The highest BCUT2D eigenvalue weighted by atomic mass is 28.3. The fourth-order valence-electron chi connectivity index (χ4n) is 4.75. The number of aromatic nitrogens is 2. The molecule has 1 aromatic heterocycles. The van der Waals surface area contributed by atoms with Crippen LogP contribution in [0.2, 0.25) is 19.6 Å². The Morgan fingerprint density at radius 1 is 0.804 bits per heavy atom. The molecule has 1 aliphatic rings. The van der Waals surface area contributed by atoms with E-state index in [2.05, 4.69) is 9.97 Å². The first kappa shape index (κ1) is 32.3. The molecule has 46 heavy (non-hydrogen) atoms. The molecule has 1 fully saturated rings. The Morgan fingerprint density at radius 3 is 1.78 bits per heavy atom. The minimum Gasteiger partial charge on any atom is -0.459 e. The molecule has 13 heteroatoms. The van der Waals surface area contributed by atoms with Gasteiger partial charge in [-0.1, -0.05) is 74.2 Å². The summed E-state index contributed by atoms with van der Waals surface area (Å²) in [6.45, 7) is 5.26. The third kappa shape index (κ3) is 7.73. The molecule has 11 nitrogen and oxygen atoms in total. The van der Waals surface area contributed by atoms with E-state index in [0.29, 0.717) is 0 Å². The molecule has 0 spiro atoms. The maximum Gasteiger partial charge on any atom is 0.351 e. The average Bonchev–Trinajstić information content (AvgIpc) is 3.37. The van der Waals surface area contributed by atoms with Crippen LogP contribution < -0.4 is 10.7 Å². The number of carbonyl (C=O) groups excluding carboxylic acids is 3. The number of halogens is 1. The lowest BCUT2D eigenvalue weighted by Gasteiger charge is -2.25. The van der Waals surface area contributed by atoms with Gasteiger partial charge in [0, 0.05) is 0 Å². The number of ether oxygens (including phenoxy) is 4. The molecule has 0 radical (unpaired) electrons. The molecule has 1 saturated heterocycles. The van der Waals surface area contributed by atoms with E-state index in [4.69, 9.17) is 18.9 Å². The highest BCUT2D eigenvalue weighted by molar-refractivity contribution is 6.79. The van der Waals surface area contributed by atoms with Crippen LogP contribution in [0.15, 0.2) is 102 Å². The molecule has 4 atom stereocenters. The highest BCUT2D eigenvalue weighted by Gasteiger charge is 2.52. The van der Waals surface area contributed by atoms with Crippen LogP contribution in [0, 0.1) is 5.82 Å². The number of benzene rings is 3. The van der Waals surface area contributed by atoms with Gasteiger partial charge in [-0.25, -0.2) is 23.6 Å². The van der Waals surface area contributed by atoms with Gasteiger partial charge in [0.05, 0.1) is 22.9 Å². The molecule has 0 aliphatic carbocycles. The van der Waals surface area contributed by atoms with Crippen LogP contribution in [0.3, 0.4) is 0 Å². The number of anilines is 1. The summed E-state index contributed by atoms with van der Waals surface area (Å²) in [6.07, 6.45) is -4.76. The van der Waals surface area contributed by atoms with Gasteiger partial charge in [-0.3, -0.25) is 4.57 Å².